The van der Waals surface area contributed by atoms with Crippen molar-refractivity contribution in [1.82, 2.24) is 4.98 Å². The number of pyridine rings is 1. The summed E-state index contributed by atoms with van der Waals surface area (Å²) in [5.74, 6) is 0. The van der Waals surface area contributed by atoms with Gasteiger partial charge in [-0.05, 0) is 24.1 Å². The Morgan fingerprint density at radius 2 is 2.10 bits per heavy atom. The Hall–Kier alpha value is -0.370. The lowest BCUT2D eigenvalue weighted by molar-refractivity contribution is 0.908. The molecule has 1 aromatic rings. The first kappa shape index (κ1) is 7.73. The van der Waals surface area contributed by atoms with E-state index in [9.17, 15) is 0 Å². The second-order valence-electron chi connectivity index (χ2n) is 2.16. The van der Waals surface area contributed by atoms with Crippen LogP contribution in [-0.2, 0) is 0 Å². The van der Waals surface area contributed by atoms with Crippen molar-refractivity contribution in [2.45, 2.75) is 18.2 Å². The van der Waals surface area contributed by atoms with Crippen LogP contribution in [0, 0.1) is 0 Å². The molecule has 0 aliphatic heterocycles. The van der Waals surface area contributed by atoms with Crippen LogP contribution in [0.2, 0.25) is 0 Å². The third-order valence-corrected chi connectivity index (χ3v) is 2.60. The molecule has 0 radical (unpaired) electrons. The summed E-state index contributed by atoms with van der Waals surface area (Å²) >= 11 is 3.56. The Bertz CT molecular complexity index is 186. The van der Waals surface area contributed by atoms with Crippen LogP contribution in [0.4, 0.5) is 0 Å². The number of nitrogens with zero attached hydrogens (tertiary/aromatic N) is 1. The SMILES string of the molecule is CC[C@H](Br)c1ccncc1. The van der Waals surface area contributed by atoms with Crippen molar-refractivity contribution in [2.24, 2.45) is 0 Å². The fourth-order valence-corrected chi connectivity index (χ4v) is 1.11. The zero-order valence-corrected chi connectivity index (χ0v) is 7.51. The number of halogens is 1. The largest absolute Gasteiger partial charge is 0.265 e. The maximum Gasteiger partial charge on any atom is 0.0393 e. The molecule has 1 nitrogen and oxygen atoms in total. The van der Waals surface area contributed by atoms with Gasteiger partial charge in [0.15, 0.2) is 0 Å². The Balaban J connectivity index is 2.75. The molecule has 0 aliphatic carbocycles. The number of hydrogen-bond acceptors (Lipinski definition) is 1. The Morgan fingerprint density at radius 3 is 2.60 bits per heavy atom. The molecule has 0 aliphatic rings. The lowest BCUT2D eigenvalue weighted by atomic mass is 10.2. The summed E-state index contributed by atoms with van der Waals surface area (Å²) in [5.41, 5.74) is 1.30. The van der Waals surface area contributed by atoms with Crippen molar-refractivity contribution in [1.29, 1.82) is 0 Å². The van der Waals surface area contributed by atoms with Crippen LogP contribution in [0.3, 0.4) is 0 Å². The zero-order chi connectivity index (χ0) is 7.40. The van der Waals surface area contributed by atoms with Gasteiger partial charge in [0.2, 0.25) is 0 Å². The minimum absolute atomic E-state index is 0.482. The van der Waals surface area contributed by atoms with Gasteiger partial charge in [0.05, 0.1) is 0 Å². The van der Waals surface area contributed by atoms with E-state index in [1.54, 1.807) is 0 Å². The lowest BCUT2D eigenvalue weighted by Gasteiger charge is -2.04. The number of hydrogen-bond donors (Lipinski definition) is 0. The van der Waals surface area contributed by atoms with E-state index in [1.165, 1.54) is 5.56 Å². The average molecular weight is 200 g/mol. The van der Waals surface area contributed by atoms with Gasteiger partial charge in [0.25, 0.3) is 0 Å². The molecule has 0 amide bonds. The van der Waals surface area contributed by atoms with Gasteiger partial charge < -0.3 is 0 Å². The highest BCUT2D eigenvalue weighted by Crippen LogP contribution is 2.24. The van der Waals surface area contributed by atoms with Gasteiger partial charge >= 0.3 is 0 Å². The molecule has 2 heteroatoms. The van der Waals surface area contributed by atoms with E-state index in [0.29, 0.717) is 4.83 Å². The molecule has 0 saturated heterocycles. The first-order valence-corrected chi connectivity index (χ1v) is 4.30. The molecule has 0 fully saturated rings. The van der Waals surface area contributed by atoms with E-state index >= 15 is 0 Å². The third kappa shape index (κ3) is 1.81. The van der Waals surface area contributed by atoms with Crippen LogP contribution < -0.4 is 0 Å². The topological polar surface area (TPSA) is 12.9 Å². The van der Waals surface area contributed by atoms with Crippen molar-refractivity contribution >= 4 is 15.9 Å². The van der Waals surface area contributed by atoms with Gasteiger partial charge in [0.1, 0.15) is 0 Å². The van der Waals surface area contributed by atoms with Crippen molar-refractivity contribution in [3.63, 3.8) is 0 Å². The van der Waals surface area contributed by atoms with Crippen LogP contribution in [0.15, 0.2) is 24.5 Å². The van der Waals surface area contributed by atoms with Gasteiger partial charge in [-0.2, -0.15) is 0 Å². The van der Waals surface area contributed by atoms with Gasteiger partial charge in [0, 0.05) is 17.2 Å². The molecule has 1 aromatic heterocycles. The first-order chi connectivity index (χ1) is 4.84. The normalized spacial score (nSPS) is 13.0. The van der Waals surface area contributed by atoms with E-state index in [0.717, 1.165) is 6.42 Å². The highest BCUT2D eigenvalue weighted by atomic mass is 79.9. The molecule has 0 unspecified atom stereocenters. The summed E-state index contributed by atoms with van der Waals surface area (Å²) in [6.07, 6.45) is 4.75. The molecule has 0 bridgehead atoms. The predicted octanol–water partition coefficient (Wildman–Crippen LogP) is 2.93. The monoisotopic (exact) mass is 199 g/mol. The van der Waals surface area contributed by atoms with Crippen LogP contribution in [0.25, 0.3) is 0 Å². The van der Waals surface area contributed by atoms with E-state index in [-0.39, 0.29) is 0 Å². The molecule has 0 aromatic carbocycles. The smallest absolute Gasteiger partial charge is 0.0393 e. The van der Waals surface area contributed by atoms with Gasteiger partial charge in [-0.25, -0.2) is 0 Å². The van der Waals surface area contributed by atoms with Crippen LogP contribution in [0.1, 0.15) is 23.7 Å². The third-order valence-electron chi connectivity index (χ3n) is 1.43. The Morgan fingerprint density at radius 1 is 1.50 bits per heavy atom. The van der Waals surface area contributed by atoms with Gasteiger partial charge in [-0.15, -0.1) is 0 Å². The molecule has 10 heavy (non-hydrogen) atoms. The predicted molar refractivity (Wildman–Crippen MR) is 46.2 cm³/mol. The minimum atomic E-state index is 0.482. The maximum atomic E-state index is 3.94. The van der Waals surface area contributed by atoms with Crippen molar-refractivity contribution in [3.8, 4) is 0 Å². The van der Waals surface area contributed by atoms with Crippen molar-refractivity contribution in [2.75, 3.05) is 0 Å². The van der Waals surface area contributed by atoms with Crippen LogP contribution in [-0.4, -0.2) is 4.98 Å². The minimum Gasteiger partial charge on any atom is -0.265 e. The fourth-order valence-electron chi connectivity index (χ4n) is 0.808. The summed E-state index contributed by atoms with van der Waals surface area (Å²) < 4.78 is 0. The van der Waals surface area contributed by atoms with Gasteiger partial charge in [-0.1, -0.05) is 22.9 Å². The molecule has 0 saturated carbocycles. The van der Waals surface area contributed by atoms with E-state index in [4.69, 9.17) is 0 Å². The maximum absolute atomic E-state index is 3.94. The van der Waals surface area contributed by atoms with Crippen LogP contribution in [0.5, 0.6) is 0 Å². The molecule has 1 rings (SSSR count). The fraction of sp³-hybridized carbons (Fsp3) is 0.375. The average Bonchev–Trinajstić information content (AvgIpc) is 2.05. The second kappa shape index (κ2) is 3.71. The quantitative estimate of drug-likeness (QED) is 0.668. The molecular formula is C8H10BrN. The van der Waals surface area contributed by atoms with E-state index in [1.807, 2.05) is 24.5 Å². The number of aromatic nitrogens is 1. The number of alkyl halides is 1. The highest BCUT2D eigenvalue weighted by molar-refractivity contribution is 9.09. The Labute approximate surface area is 69.6 Å². The summed E-state index contributed by atoms with van der Waals surface area (Å²) in [7, 11) is 0. The summed E-state index contributed by atoms with van der Waals surface area (Å²) in [6, 6.07) is 4.06. The molecular weight excluding hydrogens is 190 g/mol. The molecule has 1 heterocycles. The summed E-state index contributed by atoms with van der Waals surface area (Å²) in [6.45, 7) is 2.15. The molecule has 54 valence electrons. The molecule has 0 spiro atoms. The van der Waals surface area contributed by atoms with Gasteiger partial charge in [-0.3, -0.25) is 4.98 Å². The molecule has 1 atom stereocenters. The van der Waals surface area contributed by atoms with Crippen molar-refractivity contribution in [3.05, 3.63) is 30.1 Å². The summed E-state index contributed by atoms with van der Waals surface area (Å²) in [5, 5.41) is 0. The standard InChI is InChI=1S/C8H10BrN/c1-2-8(9)7-3-5-10-6-4-7/h3-6,8H,2H2,1H3/t8-/m0/s1. The van der Waals surface area contributed by atoms with Crippen LogP contribution >= 0.6 is 15.9 Å². The zero-order valence-electron chi connectivity index (χ0n) is 5.92. The Kier molecular flexibility index (Phi) is 2.87. The highest BCUT2D eigenvalue weighted by Gasteiger charge is 2.01. The number of rotatable bonds is 2. The second-order valence-corrected chi connectivity index (χ2v) is 3.26. The van der Waals surface area contributed by atoms with E-state index in [2.05, 4.69) is 27.8 Å². The van der Waals surface area contributed by atoms with E-state index < -0.39 is 0 Å². The lowest BCUT2D eigenvalue weighted by Crippen LogP contribution is -1.86. The molecule has 0 N–H and O–H groups in total. The van der Waals surface area contributed by atoms with Crippen molar-refractivity contribution < 1.29 is 0 Å². The first-order valence-electron chi connectivity index (χ1n) is 3.38. The summed E-state index contributed by atoms with van der Waals surface area (Å²) in [4.78, 5) is 4.42.